The van der Waals surface area contributed by atoms with Crippen molar-refractivity contribution in [2.75, 3.05) is 13.2 Å². The first kappa shape index (κ1) is 31.3. The summed E-state index contributed by atoms with van der Waals surface area (Å²) in [5.41, 5.74) is 5.75. The van der Waals surface area contributed by atoms with Crippen molar-refractivity contribution in [1.29, 1.82) is 0 Å². The summed E-state index contributed by atoms with van der Waals surface area (Å²) in [6.07, 6.45) is 1.40. The number of hydrazone groups is 1. The largest absolute Gasteiger partial charge is 0.490 e. The van der Waals surface area contributed by atoms with Crippen LogP contribution < -0.4 is 19.6 Å². The topological polar surface area (TPSA) is 102 Å². The lowest BCUT2D eigenvalue weighted by atomic mass is 10.0. The molecule has 1 aromatic heterocycles. The number of hydrogen-bond acceptors (Lipinski definition) is 6. The van der Waals surface area contributed by atoms with E-state index in [4.69, 9.17) is 25.8 Å². The van der Waals surface area contributed by atoms with Crippen LogP contribution in [0.5, 0.6) is 17.2 Å². The number of H-pyrrole nitrogens is 1. The van der Waals surface area contributed by atoms with Gasteiger partial charge in [-0.25, -0.2) is 10.2 Å². The summed E-state index contributed by atoms with van der Waals surface area (Å²) in [6.45, 7) is 4.57. The molecule has 5 aromatic rings. The minimum Gasteiger partial charge on any atom is -0.490 e. The quantitative estimate of drug-likeness (QED) is 0.0646. The Morgan fingerprint density at radius 1 is 0.932 bits per heavy atom. The zero-order valence-corrected chi connectivity index (χ0v) is 27.5. The normalized spacial score (nSPS) is 11.1. The van der Waals surface area contributed by atoms with Gasteiger partial charge in [0.2, 0.25) is 0 Å². The summed E-state index contributed by atoms with van der Waals surface area (Å²) >= 11 is 13.4. The van der Waals surface area contributed by atoms with Crippen LogP contribution in [0.1, 0.15) is 40.3 Å². The van der Waals surface area contributed by atoms with Gasteiger partial charge >= 0.3 is 5.97 Å². The van der Waals surface area contributed by atoms with Gasteiger partial charge in [-0.2, -0.15) is 5.10 Å². The smallest absolute Gasteiger partial charge is 0.343 e. The predicted octanol–water partition coefficient (Wildman–Crippen LogP) is 8.79. The number of carbonyl (C=O) groups excluding carboxylic acids is 2. The average molecular weight is 740 g/mol. The van der Waals surface area contributed by atoms with Crippen LogP contribution >= 0.6 is 43.5 Å². The zero-order valence-electron chi connectivity index (χ0n) is 23.6. The second kappa shape index (κ2) is 14.1. The average Bonchev–Trinajstić information content (AvgIpc) is 3.39. The Kier molecular flexibility index (Phi) is 10.0. The maximum absolute atomic E-state index is 13.4. The number of hydrogen-bond donors (Lipinski definition) is 2. The third kappa shape index (κ3) is 6.83. The summed E-state index contributed by atoms with van der Waals surface area (Å²) < 4.78 is 18.2. The summed E-state index contributed by atoms with van der Waals surface area (Å²) in [6, 6.07) is 23.2. The monoisotopic (exact) mass is 737 g/mol. The molecule has 8 nitrogen and oxygen atoms in total. The molecule has 0 radical (unpaired) electrons. The predicted molar refractivity (Wildman–Crippen MR) is 179 cm³/mol. The summed E-state index contributed by atoms with van der Waals surface area (Å²) in [4.78, 5) is 29.8. The van der Waals surface area contributed by atoms with E-state index >= 15 is 0 Å². The van der Waals surface area contributed by atoms with Crippen molar-refractivity contribution in [3.05, 3.63) is 110 Å². The van der Waals surface area contributed by atoms with Crippen molar-refractivity contribution in [2.24, 2.45) is 5.10 Å². The van der Waals surface area contributed by atoms with E-state index < -0.39 is 11.9 Å². The van der Waals surface area contributed by atoms with Crippen LogP contribution in [0.4, 0.5) is 0 Å². The minimum atomic E-state index is -0.613. The van der Waals surface area contributed by atoms with Crippen LogP contribution in [0.3, 0.4) is 0 Å². The zero-order chi connectivity index (χ0) is 31.2. The van der Waals surface area contributed by atoms with E-state index in [1.54, 1.807) is 36.4 Å². The number of benzene rings is 4. The summed E-state index contributed by atoms with van der Waals surface area (Å²) in [5, 5.41) is 5.56. The van der Waals surface area contributed by atoms with Crippen LogP contribution in [-0.4, -0.2) is 36.3 Å². The molecule has 5 rings (SSSR count). The summed E-state index contributed by atoms with van der Waals surface area (Å²) in [5.74, 6) is 0.102. The number of carbonyl (C=O) groups is 2. The van der Waals surface area contributed by atoms with Crippen LogP contribution in [0, 0.1) is 0 Å². The SMILES string of the molecule is CCOc1ccc(C(=O)Oc2c(Br)cc(Br)cc2C=NNC(=O)c2[nH]c3ccccc3c2-c2ccccc2Cl)cc1OCC. The van der Waals surface area contributed by atoms with Gasteiger partial charge in [0.25, 0.3) is 5.91 Å². The number of aromatic amines is 1. The second-order valence-electron chi connectivity index (χ2n) is 9.32. The van der Waals surface area contributed by atoms with E-state index in [2.05, 4.69) is 47.4 Å². The van der Waals surface area contributed by atoms with Crippen molar-refractivity contribution in [3.8, 4) is 28.4 Å². The fourth-order valence-corrected chi connectivity index (χ4v) is 6.16. The fourth-order valence-electron chi connectivity index (χ4n) is 4.59. The summed E-state index contributed by atoms with van der Waals surface area (Å²) in [7, 11) is 0. The number of ether oxygens (including phenoxy) is 3. The van der Waals surface area contributed by atoms with E-state index in [1.807, 2.05) is 56.3 Å². The van der Waals surface area contributed by atoms with Gasteiger partial charge in [0.05, 0.1) is 29.5 Å². The maximum Gasteiger partial charge on any atom is 0.343 e. The number of nitrogens with one attached hydrogen (secondary N) is 2. The van der Waals surface area contributed by atoms with Gasteiger partial charge in [0, 0.05) is 37.1 Å². The molecule has 11 heteroatoms. The first-order chi connectivity index (χ1) is 21.3. The van der Waals surface area contributed by atoms with Crippen molar-refractivity contribution in [2.45, 2.75) is 13.8 Å². The molecule has 0 saturated heterocycles. The molecule has 1 amide bonds. The molecule has 4 aromatic carbocycles. The lowest BCUT2D eigenvalue weighted by Crippen LogP contribution is -2.19. The van der Waals surface area contributed by atoms with E-state index in [0.29, 0.717) is 61.1 Å². The molecule has 0 saturated carbocycles. The highest BCUT2D eigenvalue weighted by Gasteiger charge is 2.21. The molecule has 1 heterocycles. The molecule has 0 aliphatic carbocycles. The molecular weight excluding hydrogens is 714 g/mol. The van der Waals surface area contributed by atoms with Gasteiger partial charge in [0.1, 0.15) is 5.69 Å². The standard InChI is InChI=1S/C33H26Br2ClN3O5/c1-3-42-27-14-13-19(16-28(27)43-4-2)33(41)44-31-20(15-21(34)17-24(31)35)18-37-39-32(40)30-29(22-9-5-7-11-25(22)36)23-10-6-8-12-26(23)38-30/h5-18,38H,3-4H2,1-2H3,(H,39,40). The van der Waals surface area contributed by atoms with Gasteiger partial charge in [0.15, 0.2) is 17.2 Å². The molecule has 0 unspecified atom stereocenters. The Hall–Kier alpha value is -4.12. The number of para-hydroxylation sites is 1. The third-order valence-electron chi connectivity index (χ3n) is 6.46. The van der Waals surface area contributed by atoms with E-state index in [1.165, 1.54) is 6.21 Å². The maximum atomic E-state index is 13.4. The highest BCUT2D eigenvalue weighted by Crippen LogP contribution is 2.37. The molecule has 0 aliphatic heterocycles. The molecule has 224 valence electrons. The minimum absolute atomic E-state index is 0.213. The number of fused-ring (bicyclic) bond motifs is 1. The van der Waals surface area contributed by atoms with Crippen molar-refractivity contribution < 1.29 is 23.8 Å². The second-order valence-corrected chi connectivity index (χ2v) is 11.5. The van der Waals surface area contributed by atoms with E-state index in [9.17, 15) is 9.59 Å². The van der Waals surface area contributed by atoms with Crippen LogP contribution in [0.25, 0.3) is 22.0 Å². The lowest BCUT2D eigenvalue weighted by Gasteiger charge is -2.13. The van der Waals surface area contributed by atoms with Gasteiger partial charge in [-0.3, -0.25) is 4.79 Å². The molecule has 2 N–H and O–H groups in total. The van der Waals surface area contributed by atoms with Gasteiger partial charge in [-0.1, -0.05) is 63.9 Å². The van der Waals surface area contributed by atoms with Gasteiger partial charge < -0.3 is 19.2 Å². The first-order valence-corrected chi connectivity index (χ1v) is 15.6. The third-order valence-corrected chi connectivity index (χ3v) is 7.83. The Bertz CT molecular complexity index is 1890. The van der Waals surface area contributed by atoms with Crippen LogP contribution in [-0.2, 0) is 0 Å². The molecule has 0 aliphatic rings. The molecule has 0 fully saturated rings. The van der Waals surface area contributed by atoms with Crippen molar-refractivity contribution in [3.63, 3.8) is 0 Å². The van der Waals surface area contributed by atoms with Crippen molar-refractivity contribution in [1.82, 2.24) is 10.4 Å². The number of nitrogens with zero attached hydrogens (tertiary/aromatic N) is 1. The molecule has 0 spiro atoms. The highest BCUT2D eigenvalue weighted by molar-refractivity contribution is 9.11. The molecule has 0 atom stereocenters. The van der Waals surface area contributed by atoms with Gasteiger partial charge in [-0.15, -0.1) is 0 Å². The Balaban J connectivity index is 1.41. The Morgan fingerprint density at radius 2 is 1.66 bits per heavy atom. The van der Waals surface area contributed by atoms with Crippen LogP contribution in [0.2, 0.25) is 5.02 Å². The van der Waals surface area contributed by atoms with E-state index in [-0.39, 0.29) is 11.3 Å². The molecule has 44 heavy (non-hydrogen) atoms. The lowest BCUT2D eigenvalue weighted by molar-refractivity contribution is 0.0732. The Morgan fingerprint density at radius 3 is 2.43 bits per heavy atom. The number of amides is 1. The number of esters is 1. The first-order valence-electron chi connectivity index (χ1n) is 13.6. The number of rotatable bonds is 10. The Labute approximate surface area is 275 Å². The molecule has 0 bridgehead atoms. The fraction of sp³-hybridized carbons (Fsp3) is 0.121. The number of halogens is 3. The van der Waals surface area contributed by atoms with Gasteiger partial charge in [-0.05, 0) is 72.2 Å². The number of aromatic nitrogens is 1. The van der Waals surface area contributed by atoms with Crippen LogP contribution in [0.15, 0.2) is 92.9 Å². The van der Waals surface area contributed by atoms with E-state index in [0.717, 1.165) is 10.9 Å². The highest BCUT2D eigenvalue weighted by atomic mass is 79.9. The van der Waals surface area contributed by atoms with Crippen molar-refractivity contribution >= 4 is 72.5 Å². The molecular formula is C33H26Br2ClN3O5.